The summed E-state index contributed by atoms with van der Waals surface area (Å²) in [6.07, 6.45) is 1.82. The van der Waals surface area contributed by atoms with Crippen molar-refractivity contribution < 1.29 is 4.42 Å². The molecule has 1 aliphatic rings. The molecule has 4 heterocycles. The van der Waals surface area contributed by atoms with Crippen molar-refractivity contribution in [2.45, 2.75) is 18.8 Å². The first-order chi connectivity index (χ1) is 31.7. The van der Waals surface area contributed by atoms with Gasteiger partial charge in [0.2, 0.25) is 5.95 Å². The zero-order valence-corrected chi connectivity index (χ0v) is 35.3. The molecular formula is C58H36N4OS. The van der Waals surface area contributed by atoms with Crippen LogP contribution >= 0.6 is 11.3 Å². The summed E-state index contributed by atoms with van der Waals surface area (Å²) < 4.78 is 11.6. The van der Waals surface area contributed by atoms with Crippen molar-refractivity contribution in [3.63, 3.8) is 0 Å². The highest BCUT2D eigenvalue weighted by atomic mass is 32.1. The van der Waals surface area contributed by atoms with Crippen LogP contribution in [0, 0.1) is 0 Å². The second kappa shape index (κ2) is 13.8. The van der Waals surface area contributed by atoms with Gasteiger partial charge in [-0.15, -0.1) is 11.3 Å². The highest BCUT2D eigenvalue weighted by Gasteiger charge is 2.30. The lowest BCUT2D eigenvalue weighted by molar-refractivity contribution is 0.666. The van der Waals surface area contributed by atoms with Gasteiger partial charge in [-0.3, -0.25) is 4.57 Å². The number of hydrogen-bond acceptors (Lipinski definition) is 5. The Morgan fingerprint density at radius 1 is 0.484 bits per heavy atom. The van der Waals surface area contributed by atoms with Crippen LogP contribution in [-0.4, -0.2) is 19.5 Å². The maximum absolute atomic E-state index is 7.02. The first-order valence-corrected chi connectivity index (χ1v) is 22.8. The van der Waals surface area contributed by atoms with Gasteiger partial charge >= 0.3 is 0 Å². The minimum atomic E-state index is 0.0160. The van der Waals surface area contributed by atoms with E-state index in [4.69, 9.17) is 19.4 Å². The van der Waals surface area contributed by atoms with Crippen molar-refractivity contribution in [3.05, 3.63) is 205 Å². The number of aromatic nitrogens is 4. The summed E-state index contributed by atoms with van der Waals surface area (Å²) in [5, 5.41) is 9.35. The normalized spacial score (nSPS) is 14.0. The molecule has 0 saturated carbocycles. The molecule has 64 heavy (non-hydrogen) atoms. The highest BCUT2D eigenvalue weighted by molar-refractivity contribution is 7.26. The van der Waals surface area contributed by atoms with Gasteiger partial charge in [-0.1, -0.05) is 152 Å². The fourth-order valence-electron chi connectivity index (χ4n) is 10.7. The van der Waals surface area contributed by atoms with Crippen LogP contribution in [0.25, 0.3) is 115 Å². The molecule has 13 aromatic rings. The van der Waals surface area contributed by atoms with Crippen molar-refractivity contribution in [1.29, 1.82) is 0 Å². The van der Waals surface area contributed by atoms with E-state index in [2.05, 4.69) is 187 Å². The molecule has 5 nitrogen and oxygen atoms in total. The first-order valence-electron chi connectivity index (χ1n) is 21.9. The van der Waals surface area contributed by atoms with Crippen molar-refractivity contribution in [1.82, 2.24) is 19.5 Å². The smallest absolute Gasteiger partial charge is 0.238 e. The predicted octanol–water partition coefficient (Wildman–Crippen LogP) is 15.5. The van der Waals surface area contributed by atoms with Gasteiger partial charge in [0.05, 0.1) is 16.6 Å². The molecule has 14 rings (SSSR count). The van der Waals surface area contributed by atoms with Gasteiger partial charge in [0.15, 0.2) is 11.6 Å². The zero-order valence-electron chi connectivity index (χ0n) is 34.5. The van der Waals surface area contributed by atoms with Crippen molar-refractivity contribution >= 4 is 86.0 Å². The van der Waals surface area contributed by atoms with Crippen LogP contribution in [0.4, 0.5) is 0 Å². The maximum atomic E-state index is 7.02. The fraction of sp³-hybridized carbons (Fsp3) is 0.0517. The van der Waals surface area contributed by atoms with E-state index in [1.165, 1.54) is 48.5 Å². The Bertz CT molecular complexity index is 4010. The van der Waals surface area contributed by atoms with Gasteiger partial charge in [0.25, 0.3) is 0 Å². The summed E-state index contributed by atoms with van der Waals surface area (Å²) in [6, 6.07) is 67.6. The number of benzene rings is 9. The van der Waals surface area contributed by atoms with Gasteiger partial charge in [0.1, 0.15) is 11.2 Å². The zero-order chi connectivity index (χ0) is 41.9. The number of furan rings is 1. The third kappa shape index (κ3) is 5.27. The van der Waals surface area contributed by atoms with Crippen LogP contribution < -0.4 is 0 Å². The van der Waals surface area contributed by atoms with Crippen LogP contribution in [0.3, 0.4) is 0 Å². The molecule has 0 radical (unpaired) electrons. The molecule has 9 aromatic carbocycles. The summed E-state index contributed by atoms with van der Waals surface area (Å²) in [5.41, 5.74) is 11.9. The monoisotopic (exact) mass is 836 g/mol. The van der Waals surface area contributed by atoms with Crippen molar-refractivity contribution in [2.24, 2.45) is 0 Å². The molecule has 1 aliphatic carbocycles. The van der Waals surface area contributed by atoms with E-state index < -0.39 is 0 Å². The molecule has 0 spiro atoms. The molecule has 4 aromatic heterocycles. The first kappa shape index (κ1) is 35.6. The summed E-state index contributed by atoms with van der Waals surface area (Å²) >= 11 is 1.79. The van der Waals surface area contributed by atoms with Crippen LogP contribution in [0.1, 0.15) is 29.0 Å². The lowest BCUT2D eigenvalue weighted by Gasteiger charge is -2.22. The number of para-hydroxylation sites is 3. The van der Waals surface area contributed by atoms with E-state index in [9.17, 15) is 0 Å². The average Bonchev–Trinajstić information content (AvgIpc) is 4.00. The van der Waals surface area contributed by atoms with Crippen molar-refractivity contribution in [2.75, 3.05) is 0 Å². The lowest BCUT2D eigenvalue weighted by Crippen LogP contribution is -2.09. The molecule has 0 fully saturated rings. The summed E-state index contributed by atoms with van der Waals surface area (Å²) in [5.74, 6) is 1.79. The fourth-order valence-corrected chi connectivity index (χ4v) is 11.9. The number of fused-ring (bicyclic) bond motifs is 13. The third-order valence-electron chi connectivity index (χ3n) is 13.5. The molecule has 6 heteroatoms. The van der Waals surface area contributed by atoms with Crippen molar-refractivity contribution in [3.8, 4) is 39.9 Å². The quantitative estimate of drug-likeness (QED) is 0.177. The molecule has 0 aliphatic heterocycles. The van der Waals surface area contributed by atoms with E-state index in [1.54, 1.807) is 11.3 Å². The Hall–Kier alpha value is -7.93. The molecule has 1 unspecified atom stereocenters. The largest absolute Gasteiger partial charge is 0.455 e. The Balaban J connectivity index is 1.09. The number of nitrogens with zero attached hydrogens (tertiary/aromatic N) is 4. The van der Waals surface area contributed by atoms with Gasteiger partial charge < -0.3 is 4.42 Å². The van der Waals surface area contributed by atoms with E-state index in [0.29, 0.717) is 17.6 Å². The number of hydrogen-bond donors (Lipinski definition) is 0. The molecule has 0 saturated heterocycles. The van der Waals surface area contributed by atoms with E-state index >= 15 is 0 Å². The minimum absolute atomic E-state index is 0.0160. The van der Waals surface area contributed by atoms with Crippen LogP contribution in [0.2, 0.25) is 0 Å². The summed E-state index contributed by atoms with van der Waals surface area (Å²) in [6.45, 7) is 0. The summed E-state index contributed by atoms with van der Waals surface area (Å²) in [7, 11) is 0. The highest BCUT2D eigenvalue weighted by Crippen LogP contribution is 2.48. The molecule has 300 valence electrons. The topological polar surface area (TPSA) is 56.7 Å². The van der Waals surface area contributed by atoms with Gasteiger partial charge in [-0.25, -0.2) is 4.98 Å². The van der Waals surface area contributed by atoms with E-state index in [1.807, 2.05) is 6.07 Å². The van der Waals surface area contributed by atoms with Crippen LogP contribution in [0.5, 0.6) is 0 Å². The Kier molecular flexibility index (Phi) is 7.68. The van der Waals surface area contributed by atoms with Gasteiger partial charge in [0, 0.05) is 53.2 Å². The SMILES string of the molecule is c1ccc2c(c1)-c1cc3ccccc3cc1CCC2c1ccc2c(oc3ccccc32)c1-c1nc(-c2cccc3c2sc2ccccc23)nc(-n2c3ccccc3c3ccccc32)n1. The maximum Gasteiger partial charge on any atom is 0.238 e. The molecule has 0 amide bonds. The molecule has 0 N–H and O–H groups in total. The minimum Gasteiger partial charge on any atom is -0.455 e. The second-order valence-electron chi connectivity index (χ2n) is 17.0. The van der Waals surface area contributed by atoms with Gasteiger partial charge in [-0.05, 0) is 87.8 Å². The van der Waals surface area contributed by atoms with E-state index in [-0.39, 0.29) is 5.92 Å². The Morgan fingerprint density at radius 2 is 1.14 bits per heavy atom. The van der Waals surface area contributed by atoms with Crippen LogP contribution in [-0.2, 0) is 6.42 Å². The Morgan fingerprint density at radius 3 is 1.98 bits per heavy atom. The third-order valence-corrected chi connectivity index (χ3v) is 14.7. The molecule has 0 bridgehead atoms. The molecular weight excluding hydrogens is 801 g/mol. The van der Waals surface area contributed by atoms with Gasteiger partial charge in [-0.2, -0.15) is 9.97 Å². The number of thiophene rings is 1. The molecule has 1 atom stereocenters. The van der Waals surface area contributed by atoms with E-state index in [0.717, 1.165) is 78.0 Å². The number of rotatable bonds is 4. The average molecular weight is 837 g/mol. The predicted molar refractivity (Wildman–Crippen MR) is 265 cm³/mol. The number of aryl methyl sites for hydroxylation is 1. The lowest BCUT2D eigenvalue weighted by atomic mass is 9.82. The standard InChI is InChI=1S/C58H36N4OS/c1-2-15-35-33-48-36(32-34(35)14-1)28-29-39(37-16-3-4-17-38(37)48)44-30-31-45-42-20-7-11-26-51(42)63-54(45)53(44)57-59-56(47-23-13-22-46-43-21-8-12-27-52(43)64-55(46)47)60-58(61-57)62-49-24-9-5-18-40(49)41-19-6-10-25-50(41)62/h1-27,30-33,39H,28-29H2. The summed E-state index contributed by atoms with van der Waals surface area (Å²) in [4.78, 5) is 16.7. The van der Waals surface area contributed by atoms with Crippen LogP contribution in [0.15, 0.2) is 192 Å². The Labute approximate surface area is 371 Å². The second-order valence-corrected chi connectivity index (χ2v) is 18.0.